The molecule has 0 aliphatic heterocycles. The highest BCUT2D eigenvalue weighted by molar-refractivity contribution is 5.84. The molecule has 3 aromatic rings. The first-order chi connectivity index (χ1) is 15.4. The van der Waals surface area contributed by atoms with Gasteiger partial charge in [0.05, 0.1) is 5.69 Å². The second-order valence-corrected chi connectivity index (χ2v) is 7.36. The van der Waals surface area contributed by atoms with Gasteiger partial charge in [0.25, 0.3) is 5.91 Å². The molecule has 0 aliphatic rings. The zero-order valence-corrected chi connectivity index (χ0v) is 17.3. The molecule has 8 heteroatoms. The minimum Gasteiger partial charge on any atom is -0.487 e. The second-order valence-electron chi connectivity index (χ2n) is 7.36. The molecule has 0 saturated heterocycles. The lowest BCUT2D eigenvalue weighted by Crippen LogP contribution is -2.55. The second kappa shape index (κ2) is 10.8. The van der Waals surface area contributed by atoms with Crippen LogP contribution in [-0.4, -0.2) is 34.1 Å². The van der Waals surface area contributed by atoms with Gasteiger partial charge in [0.1, 0.15) is 18.5 Å². The predicted molar refractivity (Wildman–Crippen MR) is 116 cm³/mol. The molecular weight excluding hydrogens is 416 g/mol. The average Bonchev–Trinajstić information content (AvgIpc) is 2.82. The average molecular weight is 441 g/mol. The first-order valence-corrected chi connectivity index (χ1v) is 10.1. The summed E-state index contributed by atoms with van der Waals surface area (Å²) in [5.74, 6) is -5.01. The molecule has 0 radical (unpaired) electrons. The number of pyridine rings is 1. The summed E-state index contributed by atoms with van der Waals surface area (Å²) in [6.07, 6.45) is -0.700. The van der Waals surface area contributed by atoms with Gasteiger partial charge in [-0.1, -0.05) is 48.5 Å². The van der Waals surface area contributed by atoms with E-state index in [1.165, 1.54) is 0 Å². The van der Waals surface area contributed by atoms with E-state index in [0.717, 1.165) is 5.69 Å². The number of alkyl halides is 2. The Hall–Kier alpha value is -3.36. The molecule has 0 fully saturated rings. The highest BCUT2D eigenvalue weighted by Gasteiger charge is 2.49. The highest BCUT2D eigenvalue weighted by Crippen LogP contribution is 2.23. The van der Waals surface area contributed by atoms with E-state index in [-0.39, 0.29) is 13.0 Å². The fourth-order valence-corrected chi connectivity index (χ4v) is 3.05. The quantitative estimate of drug-likeness (QED) is 0.450. The van der Waals surface area contributed by atoms with Crippen LogP contribution in [0.2, 0.25) is 0 Å². The van der Waals surface area contributed by atoms with Crippen molar-refractivity contribution in [2.75, 3.05) is 0 Å². The number of aliphatic hydroxyl groups excluding tert-OH is 1. The van der Waals surface area contributed by atoms with Gasteiger partial charge in [0.2, 0.25) is 0 Å². The number of nitrogens with two attached hydrogens (primary N) is 1. The summed E-state index contributed by atoms with van der Waals surface area (Å²) in [5, 5.41) is 12.2. The van der Waals surface area contributed by atoms with Crippen LogP contribution < -0.4 is 15.8 Å². The number of aromatic nitrogens is 1. The minimum atomic E-state index is -4.03. The van der Waals surface area contributed by atoms with E-state index in [9.17, 15) is 18.7 Å². The normalized spacial score (nSPS) is 13.2. The number of aliphatic hydroxyl groups is 1. The number of amides is 1. The SMILES string of the molecule is NC(Cc1ccc(OCc2ccccn2)cc1)C(O)C(F)(F)C(=O)NCc1ccccc1. The summed E-state index contributed by atoms with van der Waals surface area (Å²) < 4.78 is 34.5. The Balaban J connectivity index is 1.52. The third-order valence-electron chi connectivity index (χ3n) is 4.88. The van der Waals surface area contributed by atoms with Gasteiger partial charge in [-0.25, -0.2) is 0 Å². The lowest BCUT2D eigenvalue weighted by atomic mass is 9.97. The maximum Gasteiger partial charge on any atom is 0.351 e. The summed E-state index contributed by atoms with van der Waals surface area (Å²) in [6.45, 7) is 0.222. The van der Waals surface area contributed by atoms with Gasteiger partial charge in [-0.2, -0.15) is 8.78 Å². The molecule has 0 saturated carbocycles. The molecule has 32 heavy (non-hydrogen) atoms. The fraction of sp³-hybridized carbons (Fsp3) is 0.250. The standard InChI is InChI=1S/C24H25F2N3O3/c25-24(26,23(31)29-15-18-6-2-1-3-7-18)22(30)21(27)14-17-9-11-20(12-10-17)32-16-19-8-4-5-13-28-19/h1-13,21-22,30H,14-16,27H2,(H,29,31). The summed E-state index contributed by atoms with van der Waals surface area (Å²) in [4.78, 5) is 16.1. The summed E-state index contributed by atoms with van der Waals surface area (Å²) in [5.41, 5.74) is 7.87. The van der Waals surface area contributed by atoms with Crippen molar-refractivity contribution in [3.8, 4) is 5.75 Å². The molecule has 0 spiro atoms. The molecule has 4 N–H and O–H groups in total. The van der Waals surface area contributed by atoms with Crippen LogP contribution in [0.25, 0.3) is 0 Å². The molecule has 1 amide bonds. The number of halogens is 2. The zero-order valence-electron chi connectivity index (χ0n) is 17.3. The van der Waals surface area contributed by atoms with Crippen molar-refractivity contribution in [2.45, 2.75) is 37.6 Å². The molecule has 2 unspecified atom stereocenters. The Labute approximate surface area is 185 Å². The van der Waals surface area contributed by atoms with Crippen LogP contribution in [0, 0.1) is 0 Å². The van der Waals surface area contributed by atoms with Crippen molar-refractivity contribution >= 4 is 5.91 Å². The first-order valence-electron chi connectivity index (χ1n) is 10.1. The largest absolute Gasteiger partial charge is 0.487 e. The number of benzene rings is 2. The Bertz CT molecular complexity index is 986. The molecule has 0 aliphatic carbocycles. The molecular formula is C24H25F2N3O3. The smallest absolute Gasteiger partial charge is 0.351 e. The molecule has 0 bridgehead atoms. The van der Waals surface area contributed by atoms with Gasteiger partial charge >= 0.3 is 5.92 Å². The van der Waals surface area contributed by atoms with Gasteiger partial charge in [-0.3, -0.25) is 9.78 Å². The number of nitrogens with one attached hydrogen (secondary N) is 1. The number of nitrogens with zero attached hydrogens (tertiary/aromatic N) is 1. The maximum absolute atomic E-state index is 14.4. The summed E-state index contributed by atoms with van der Waals surface area (Å²) in [7, 11) is 0. The Kier molecular flexibility index (Phi) is 7.86. The van der Waals surface area contributed by atoms with Crippen LogP contribution in [0.5, 0.6) is 5.75 Å². The molecule has 168 valence electrons. The Morgan fingerprint density at radius 1 is 1.03 bits per heavy atom. The van der Waals surface area contributed by atoms with Crippen LogP contribution >= 0.6 is 0 Å². The number of hydrogen-bond acceptors (Lipinski definition) is 5. The first kappa shape index (κ1) is 23.3. The lowest BCUT2D eigenvalue weighted by Gasteiger charge is -2.26. The number of ether oxygens (including phenoxy) is 1. The van der Waals surface area contributed by atoms with Gasteiger partial charge in [0.15, 0.2) is 0 Å². The van der Waals surface area contributed by atoms with E-state index in [4.69, 9.17) is 10.5 Å². The number of rotatable bonds is 10. The highest BCUT2D eigenvalue weighted by atomic mass is 19.3. The topological polar surface area (TPSA) is 97.5 Å². The van der Waals surface area contributed by atoms with Gasteiger partial charge in [-0.15, -0.1) is 0 Å². The van der Waals surface area contributed by atoms with Crippen LogP contribution in [0.1, 0.15) is 16.8 Å². The van der Waals surface area contributed by atoms with Gasteiger partial charge in [-0.05, 0) is 41.8 Å². The summed E-state index contributed by atoms with van der Waals surface area (Å²) >= 11 is 0. The fourth-order valence-electron chi connectivity index (χ4n) is 3.05. The lowest BCUT2D eigenvalue weighted by molar-refractivity contribution is -0.165. The van der Waals surface area contributed by atoms with Crippen LogP contribution in [-0.2, 0) is 24.4 Å². The zero-order chi connectivity index (χ0) is 23.0. The van der Waals surface area contributed by atoms with Crippen molar-refractivity contribution in [1.29, 1.82) is 0 Å². The van der Waals surface area contributed by atoms with Crippen LogP contribution in [0.3, 0.4) is 0 Å². The number of hydrogen-bond donors (Lipinski definition) is 3. The molecule has 1 heterocycles. The van der Waals surface area contributed by atoms with Crippen LogP contribution in [0.15, 0.2) is 79.0 Å². The summed E-state index contributed by atoms with van der Waals surface area (Å²) in [6, 6.07) is 19.5. The molecule has 6 nitrogen and oxygen atoms in total. The van der Waals surface area contributed by atoms with Gasteiger partial charge < -0.3 is 20.9 Å². The van der Waals surface area contributed by atoms with Crippen molar-refractivity contribution in [3.05, 3.63) is 95.8 Å². The van der Waals surface area contributed by atoms with Crippen LogP contribution in [0.4, 0.5) is 8.78 Å². The third kappa shape index (κ3) is 6.32. The molecule has 3 rings (SSSR count). The predicted octanol–water partition coefficient (Wildman–Crippen LogP) is 2.84. The number of carbonyl (C=O) groups excluding carboxylic acids is 1. The van der Waals surface area contributed by atoms with E-state index in [0.29, 0.717) is 23.5 Å². The molecule has 2 atom stereocenters. The minimum absolute atomic E-state index is 0.0384. The van der Waals surface area contributed by atoms with E-state index in [1.807, 2.05) is 18.2 Å². The van der Waals surface area contributed by atoms with Crippen molar-refractivity contribution in [2.24, 2.45) is 5.73 Å². The van der Waals surface area contributed by atoms with Crippen molar-refractivity contribution in [3.63, 3.8) is 0 Å². The van der Waals surface area contributed by atoms with Crippen molar-refractivity contribution < 1.29 is 23.4 Å². The monoisotopic (exact) mass is 441 g/mol. The molecule has 1 aromatic heterocycles. The Morgan fingerprint density at radius 2 is 1.72 bits per heavy atom. The van der Waals surface area contributed by atoms with Gasteiger partial charge in [0, 0.05) is 18.8 Å². The number of carbonyl (C=O) groups is 1. The van der Waals surface area contributed by atoms with E-state index in [1.54, 1.807) is 60.8 Å². The molecule has 2 aromatic carbocycles. The van der Waals surface area contributed by atoms with Crippen molar-refractivity contribution in [1.82, 2.24) is 10.3 Å². The Morgan fingerprint density at radius 3 is 2.38 bits per heavy atom. The maximum atomic E-state index is 14.4. The van der Waals surface area contributed by atoms with E-state index in [2.05, 4.69) is 10.3 Å². The van der Waals surface area contributed by atoms with E-state index >= 15 is 0 Å². The third-order valence-corrected chi connectivity index (χ3v) is 4.88. The van der Waals surface area contributed by atoms with E-state index < -0.39 is 24.0 Å².